The monoisotopic (exact) mass is 395 g/mol. The van der Waals surface area contributed by atoms with Crippen LogP contribution in [0, 0.1) is 0 Å². The van der Waals surface area contributed by atoms with E-state index in [0.717, 1.165) is 49.8 Å². The first-order valence-corrected chi connectivity index (χ1v) is 10.9. The second-order valence-electron chi connectivity index (χ2n) is 8.74. The van der Waals surface area contributed by atoms with Gasteiger partial charge in [-0.3, -0.25) is 0 Å². The predicted octanol–water partition coefficient (Wildman–Crippen LogP) is 4.12. The first-order valence-electron chi connectivity index (χ1n) is 10.9. The van der Waals surface area contributed by atoms with Crippen molar-refractivity contribution in [2.45, 2.75) is 69.6 Å². The van der Waals surface area contributed by atoms with Crippen molar-refractivity contribution in [3.63, 3.8) is 0 Å². The Labute approximate surface area is 174 Å². The maximum atomic E-state index is 9.54. The number of aliphatic hydroxyl groups is 1. The molecule has 4 heteroatoms. The molecule has 1 unspecified atom stereocenters. The Balaban J connectivity index is 1.35. The van der Waals surface area contributed by atoms with Crippen molar-refractivity contribution in [2.24, 2.45) is 5.73 Å². The number of hydrogen-bond donors (Lipinski definition) is 2. The fourth-order valence-corrected chi connectivity index (χ4v) is 4.83. The summed E-state index contributed by atoms with van der Waals surface area (Å²) < 4.78 is 11.8. The molecule has 0 heterocycles. The Hall–Kier alpha value is -1.88. The molecule has 4 nitrogen and oxygen atoms in total. The summed E-state index contributed by atoms with van der Waals surface area (Å²) in [5.74, 6) is 1.38. The summed E-state index contributed by atoms with van der Waals surface area (Å²) in [5, 5.41) is 9.54. The van der Waals surface area contributed by atoms with Gasteiger partial charge >= 0.3 is 0 Å². The molecule has 3 atom stereocenters. The summed E-state index contributed by atoms with van der Waals surface area (Å²) in [5.41, 5.74) is 11.3. The van der Waals surface area contributed by atoms with Crippen molar-refractivity contribution in [3.8, 4) is 5.75 Å². The van der Waals surface area contributed by atoms with E-state index in [1.54, 1.807) is 0 Å². The van der Waals surface area contributed by atoms with E-state index in [-0.39, 0.29) is 18.2 Å². The van der Waals surface area contributed by atoms with Crippen molar-refractivity contribution in [2.75, 3.05) is 13.2 Å². The van der Waals surface area contributed by atoms with Crippen molar-refractivity contribution < 1.29 is 14.6 Å². The van der Waals surface area contributed by atoms with Crippen LogP contribution in [0.2, 0.25) is 0 Å². The van der Waals surface area contributed by atoms with Gasteiger partial charge in [0, 0.05) is 5.54 Å². The summed E-state index contributed by atoms with van der Waals surface area (Å²) >= 11 is 0. The lowest BCUT2D eigenvalue weighted by Crippen LogP contribution is -2.40. The summed E-state index contributed by atoms with van der Waals surface area (Å²) in [6, 6.07) is 15.1. The Kier molecular flexibility index (Phi) is 6.23. The first-order chi connectivity index (χ1) is 14.1. The molecule has 3 N–H and O–H groups in total. The number of hydrogen-bond acceptors (Lipinski definition) is 4. The Morgan fingerprint density at radius 1 is 1.14 bits per heavy atom. The number of aryl methyl sites for hydroxylation is 1. The van der Waals surface area contributed by atoms with Crippen molar-refractivity contribution in [3.05, 3.63) is 64.7 Å². The Morgan fingerprint density at radius 3 is 2.83 bits per heavy atom. The molecular weight excluding hydrogens is 362 g/mol. The second-order valence-corrected chi connectivity index (χ2v) is 8.74. The van der Waals surface area contributed by atoms with Gasteiger partial charge in [-0.25, -0.2) is 0 Å². The van der Waals surface area contributed by atoms with Crippen LogP contribution in [-0.2, 0) is 24.2 Å². The standard InChI is InChI=1S/C25H33NO3/c1-2-28-23-5-3-4-18(12-23)16-29-24-9-8-19-13-20(6-7-21(19)14-24)22-10-11-25(26,15-22)17-27/h3-7,12-13,22,24,27H,2,8-11,14-17,26H2,1H3/t22-,24?,25+/m0/s1. The molecule has 2 aliphatic carbocycles. The lowest BCUT2D eigenvalue weighted by atomic mass is 9.85. The van der Waals surface area contributed by atoms with Crippen molar-refractivity contribution in [1.82, 2.24) is 0 Å². The highest BCUT2D eigenvalue weighted by Crippen LogP contribution is 2.40. The van der Waals surface area contributed by atoms with Gasteiger partial charge in [-0.15, -0.1) is 0 Å². The zero-order valence-corrected chi connectivity index (χ0v) is 17.4. The lowest BCUT2D eigenvalue weighted by molar-refractivity contribution is 0.0318. The van der Waals surface area contributed by atoms with Crippen LogP contribution in [0.4, 0.5) is 0 Å². The summed E-state index contributed by atoms with van der Waals surface area (Å²) in [6.07, 6.45) is 6.23. The van der Waals surface area contributed by atoms with Crippen LogP contribution in [0.1, 0.15) is 60.8 Å². The maximum absolute atomic E-state index is 9.54. The zero-order valence-electron chi connectivity index (χ0n) is 17.4. The highest BCUT2D eigenvalue weighted by molar-refractivity contribution is 5.37. The van der Waals surface area contributed by atoms with Crippen LogP contribution >= 0.6 is 0 Å². The van der Waals surface area contributed by atoms with Crippen LogP contribution in [0.25, 0.3) is 0 Å². The van der Waals surface area contributed by atoms with E-state index >= 15 is 0 Å². The number of ether oxygens (including phenoxy) is 2. The van der Waals surface area contributed by atoms with Crippen LogP contribution in [0.5, 0.6) is 5.75 Å². The zero-order chi connectivity index (χ0) is 20.3. The minimum atomic E-state index is -0.390. The minimum Gasteiger partial charge on any atom is -0.494 e. The molecule has 1 saturated carbocycles. The molecule has 0 bridgehead atoms. The number of fused-ring (bicyclic) bond motifs is 1. The average molecular weight is 396 g/mol. The summed E-state index contributed by atoms with van der Waals surface area (Å²) in [6.45, 7) is 3.39. The number of aliphatic hydroxyl groups excluding tert-OH is 1. The van der Waals surface area contributed by atoms with Crippen LogP contribution < -0.4 is 10.5 Å². The van der Waals surface area contributed by atoms with Gasteiger partial charge in [0.05, 0.1) is 25.9 Å². The molecule has 0 amide bonds. The van der Waals surface area contributed by atoms with Crippen LogP contribution in [0.3, 0.4) is 0 Å². The summed E-state index contributed by atoms with van der Waals surface area (Å²) in [7, 11) is 0. The van der Waals surface area contributed by atoms with Gasteiger partial charge in [0.1, 0.15) is 5.75 Å². The molecule has 2 aromatic rings. The van der Waals surface area contributed by atoms with Gasteiger partial charge in [-0.2, -0.15) is 0 Å². The SMILES string of the molecule is CCOc1cccc(COC2CCc3cc([C@H]4CC[C@](N)(CO)C4)ccc3C2)c1. The van der Waals surface area contributed by atoms with Gasteiger partial charge in [0.25, 0.3) is 0 Å². The van der Waals surface area contributed by atoms with Gasteiger partial charge in [-0.05, 0) is 85.8 Å². The average Bonchev–Trinajstić information content (AvgIpc) is 3.15. The molecule has 4 rings (SSSR count). The van der Waals surface area contributed by atoms with E-state index < -0.39 is 0 Å². The molecule has 156 valence electrons. The predicted molar refractivity (Wildman–Crippen MR) is 115 cm³/mol. The molecule has 1 fully saturated rings. The van der Waals surface area contributed by atoms with E-state index in [1.807, 2.05) is 19.1 Å². The van der Waals surface area contributed by atoms with E-state index in [9.17, 15) is 5.11 Å². The normalized spacial score (nSPS) is 26.3. The largest absolute Gasteiger partial charge is 0.494 e. The molecule has 29 heavy (non-hydrogen) atoms. The highest BCUT2D eigenvalue weighted by atomic mass is 16.5. The summed E-state index contributed by atoms with van der Waals surface area (Å²) in [4.78, 5) is 0. The fraction of sp³-hybridized carbons (Fsp3) is 0.520. The third kappa shape index (κ3) is 4.82. The lowest BCUT2D eigenvalue weighted by Gasteiger charge is -2.26. The van der Waals surface area contributed by atoms with E-state index in [4.69, 9.17) is 15.2 Å². The molecule has 0 aromatic heterocycles. The number of rotatable bonds is 7. The minimum absolute atomic E-state index is 0.0843. The van der Waals surface area contributed by atoms with Crippen LogP contribution in [-0.4, -0.2) is 30.0 Å². The van der Waals surface area contributed by atoms with Gasteiger partial charge < -0.3 is 20.3 Å². The molecule has 0 saturated heterocycles. The highest BCUT2D eigenvalue weighted by Gasteiger charge is 2.36. The quantitative estimate of drug-likeness (QED) is 0.740. The van der Waals surface area contributed by atoms with Gasteiger partial charge in [0.2, 0.25) is 0 Å². The van der Waals surface area contributed by atoms with Crippen molar-refractivity contribution in [1.29, 1.82) is 0 Å². The topological polar surface area (TPSA) is 64.7 Å². The van der Waals surface area contributed by atoms with Crippen LogP contribution in [0.15, 0.2) is 42.5 Å². The molecular formula is C25H33NO3. The van der Waals surface area contributed by atoms with Gasteiger partial charge in [-0.1, -0.05) is 30.3 Å². The third-order valence-corrected chi connectivity index (χ3v) is 6.54. The molecule has 2 aliphatic rings. The molecule has 0 radical (unpaired) electrons. The second kappa shape index (κ2) is 8.86. The molecule has 0 spiro atoms. The van der Waals surface area contributed by atoms with Crippen molar-refractivity contribution >= 4 is 0 Å². The Bertz CT molecular complexity index is 837. The van der Waals surface area contributed by atoms with E-state index in [1.165, 1.54) is 16.7 Å². The fourth-order valence-electron chi connectivity index (χ4n) is 4.83. The van der Waals surface area contributed by atoms with E-state index in [0.29, 0.717) is 19.1 Å². The number of benzene rings is 2. The third-order valence-electron chi connectivity index (χ3n) is 6.54. The number of nitrogens with two attached hydrogens (primary N) is 1. The maximum Gasteiger partial charge on any atom is 0.119 e. The van der Waals surface area contributed by atoms with E-state index in [2.05, 4.69) is 30.3 Å². The first kappa shape index (κ1) is 20.4. The van der Waals surface area contributed by atoms with Gasteiger partial charge in [0.15, 0.2) is 0 Å². The molecule has 2 aromatic carbocycles. The Morgan fingerprint density at radius 2 is 2.03 bits per heavy atom. The smallest absolute Gasteiger partial charge is 0.119 e. The molecule has 0 aliphatic heterocycles.